The van der Waals surface area contributed by atoms with Crippen LogP contribution < -0.4 is 10.5 Å². The summed E-state index contributed by atoms with van der Waals surface area (Å²) in [7, 11) is 0. The minimum absolute atomic E-state index is 0.276. The fraction of sp³-hybridized carbons (Fsp3) is 0.300. The number of ether oxygens (including phenoxy) is 1. The van der Waals surface area contributed by atoms with Crippen LogP contribution in [0, 0.1) is 0 Å². The number of imidazole rings is 1. The van der Waals surface area contributed by atoms with E-state index in [-0.39, 0.29) is 6.01 Å². The van der Waals surface area contributed by atoms with E-state index in [1.54, 1.807) is 12.4 Å². The average Bonchev–Trinajstić information content (AvgIpc) is 2.63. The second kappa shape index (κ2) is 4.18. The van der Waals surface area contributed by atoms with Crippen molar-refractivity contribution in [1.82, 2.24) is 19.5 Å². The van der Waals surface area contributed by atoms with E-state index >= 15 is 0 Å². The smallest absolute Gasteiger partial charge is 0.320 e. The fourth-order valence-electron chi connectivity index (χ4n) is 1.41. The van der Waals surface area contributed by atoms with Crippen LogP contribution in [-0.4, -0.2) is 26.1 Å². The van der Waals surface area contributed by atoms with Crippen molar-refractivity contribution in [3.05, 3.63) is 19.0 Å². The first-order valence-electron chi connectivity index (χ1n) is 4.98. The third-order valence-corrected chi connectivity index (χ3v) is 2.07. The standard InChI is InChI=1S/C10H13N5O/c1-3-5-15-6-12-7-8(11)13-10(16-4-2)14-9(7)15/h3,6H,1,4-5H2,2H3,(H2,11,13,14). The molecule has 2 N–H and O–H groups in total. The largest absolute Gasteiger partial charge is 0.464 e. The van der Waals surface area contributed by atoms with Crippen LogP contribution in [0.5, 0.6) is 6.01 Å². The van der Waals surface area contributed by atoms with E-state index in [1.807, 2.05) is 11.5 Å². The number of aromatic nitrogens is 4. The summed E-state index contributed by atoms with van der Waals surface area (Å²) < 4.78 is 7.06. The molecule has 2 aromatic rings. The molecule has 0 aliphatic heterocycles. The number of fused-ring (bicyclic) bond motifs is 1. The second-order valence-electron chi connectivity index (χ2n) is 3.18. The molecule has 0 aromatic carbocycles. The summed E-state index contributed by atoms with van der Waals surface area (Å²) in [6, 6.07) is 0.276. The third-order valence-electron chi connectivity index (χ3n) is 2.07. The number of anilines is 1. The van der Waals surface area contributed by atoms with Crippen molar-refractivity contribution in [1.29, 1.82) is 0 Å². The zero-order valence-electron chi connectivity index (χ0n) is 9.05. The van der Waals surface area contributed by atoms with Gasteiger partial charge in [-0.2, -0.15) is 9.97 Å². The number of nitrogen functional groups attached to an aromatic ring is 1. The van der Waals surface area contributed by atoms with Crippen molar-refractivity contribution < 1.29 is 4.74 Å². The molecule has 2 heterocycles. The molecular weight excluding hydrogens is 206 g/mol. The van der Waals surface area contributed by atoms with Gasteiger partial charge in [0.25, 0.3) is 0 Å². The van der Waals surface area contributed by atoms with Crippen LogP contribution in [0.3, 0.4) is 0 Å². The summed E-state index contributed by atoms with van der Waals surface area (Å²) in [6.07, 6.45) is 3.42. The molecule has 0 amide bonds. The number of rotatable bonds is 4. The SMILES string of the molecule is C=CCn1cnc2c(N)nc(OCC)nc21. The highest BCUT2D eigenvalue weighted by molar-refractivity contribution is 5.81. The van der Waals surface area contributed by atoms with Gasteiger partial charge < -0.3 is 15.0 Å². The molecule has 0 aliphatic carbocycles. The summed E-state index contributed by atoms with van der Waals surface area (Å²) in [4.78, 5) is 12.4. The van der Waals surface area contributed by atoms with Gasteiger partial charge in [-0.3, -0.25) is 0 Å². The van der Waals surface area contributed by atoms with E-state index < -0.39 is 0 Å². The highest BCUT2D eigenvalue weighted by Gasteiger charge is 2.10. The Balaban J connectivity index is 2.56. The Bertz CT molecular complexity index is 519. The van der Waals surface area contributed by atoms with E-state index in [0.29, 0.717) is 30.1 Å². The molecule has 0 radical (unpaired) electrons. The van der Waals surface area contributed by atoms with E-state index in [0.717, 1.165) is 0 Å². The normalized spacial score (nSPS) is 10.6. The molecule has 2 rings (SSSR count). The predicted octanol–water partition coefficient (Wildman–Crippen LogP) is 0.993. The zero-order valence-corrected chi connectivity index (χ0v) is 9.05. The van der Waals surface area contributed by atoms with Crippen molar-refractivity contribution in [3.8, 4) is 6.01 Å². The van der Waals surface area contributed by atoms with Crippen molar-refractivity contribution in [2.75, 3.05) is 12.3 Å². The Morgan fingerprint density at radius 3 is 3.06 bits per heavy atom. The number of nitrogens with zero attached hydrogens (tertiary/aromatic N) is 4. The Kier molecular flexibility index (Phi) is 2.72. The molecule has 6 nitrogen and oxygen atoms in total. The molecule has 2 aromatic heterocycles. The molecule has 0 saturated heterocycles. The maximum atomic E-state index is 5.76. The van der Waals surface area contributed by atoms with E-state index in [4.69, 9.17) is 10.5 Å². The summed E-state index contributed by atoms with van der Waals surface area (Å²) in [5, 5.41) is 0. The summed E-state index contributed by atoms with van der Waals surface area (Å²) >= 11 is 0. The Labute approximate surface area is 92.8 Å². The monoisotopic (exact) mass is 219 g/mol. The van der Waals surface area contributed by atoms with Crippen molar-refractivity contribution in [3.63, 3.8) is 0 Å². The molecule has 0 unspecified atom stereocenters. The molecule has 0 atom stereocenters. The molecule has 84 valence electrons. The molecule has 0 fully saturated rings. The van der Waals surface area contributed by atoms with Gasteiger partial charge in [-0.15, -0.1) is 6.58 Å². The first-order valence-corrected chi connectivity index (χ1v) is 4.98. The molecule has 6 heteroatoms. The molecule has 0 aliphatic rings. The van der Waals surface area contributed by atoms with E-state index in [2.05, 4.69) is 21.5 Å². The lowest BCUT2D eigenvalue weighted by Crippen LogP contribution is -2.03. The van der Waals surface area contributed by atoms with Gasteiger partial charge in [-0.25, -0.2) is 4.98 Å². The third kappa shape index (κ3) is 1.69. The van der Waals surface area contributed by atoms with Crippen molar-refractivity contribution in [2.24, 2.45) is 0 Å². The van der Waals surface area contributed by atoms with Crippen LogP contribution in [0.15, 0.2) is 19.0 Å². The lowest BCUT2D eigenvalue weighted by Gasteiger charge is -2.03. The highest BCUT2D eigenvalue weighted by Crippen LogP contribution is 2.18. The zero-order chi connectivity index (χ0) is 11.5. The van der Waals surface area contributed by atoms with Crippen LogP contribution >= 0.6 is 0 Å². The fourth-order valence-corrected chi connectivity index (χ4v) is 1.41. The number of nitrogens with two attached hydrogens (primary N) is 1. The van der Waals surface area contributed by atoms with Crippen LogP contribution in [0.2, 0.25) is 0 Å². The predicted molar refractivity (Wildman–Crippen MR) is 61.1 cm³/mol. The van der Waals surface area contributed by atoms with Crippen LogP contribution in [-0.2, 0) is 6.54 Å². The lowest BCUT2D eigenvalue weighted by molar-refractivity contribution is 0.314. The summed E-state index contributed by atoms with van der Waals surface area (Å²) in [6.45, 7) is 6.66. The van der Waals surface area contributed by atoms with Gasteiger partial charge in [0.1, 0.15) is 0 Å². The van der Waals surface area contributed by atoms with Crippen molar-refractivity contribution in [2.45, 2.75) is 13.5 Å². The molecule has 0 saturated carbocycles. The van der Waals surface area contributed by atoms with E-state index in [1.165, 1.54) is 0 Å². The number of allylic oxidation sites excluding steroid dienone is 1. The van der Waals surface area contributed by atoms with Crippen molar-refractivity contribution >= 4 is 17.0 Å². The van der Waals surface area contributed by atoms with Gasteiger partial charge in [0.15, 0.2) is 17.0 Å². The van der Waals surface area contributed by atoms with Gasteiger partial charge in [0.2, 0.25) is 0 Å². The minimum Gasteiger partial charge on any atom is -0.464 e. The van der Waals surface area contributed by atoms with Gasteiger partial charge >= 0.3 is 6.01 Å². The van der Waals surface area contributed by atoms with E-state index in [9.17, 15) is 0 Å². The average molecular weight is 219 g/mol. The highest BCUT2D eigenvalue weighted by atomic mass is 16.5. The Morgan fingerprint density at radius 2 is 2.38 bits per heavy atom. The van der Waals surface area contributed by atoms with Gasteiger partial charge in [0, 0.05) is 6.54 Å². The first-order chi connectivity index (χ1) is 7.76. The van der Waals surface area contributed by atoms with Gasteiger partial charge in [-0.05, 0) is 6.92 Å². The molecular formula is C10H13N5O. The maximum absolute atomic E-state index is 5.76. The lowest BCUT2D eigenvalue weighted by atomic mass is 10.5. The Morgan fingerprint density at radius 1 is 1.56 bits per heavy atom. The molecule has 0 spiro atoms. The minimum atomic E-state index is 0.276. The van der Waals surface area contributed by atoms with Crippen LogP contribution in [0.25, 0.3) is 11.2 Å². The number of hydrogen-bond donors (Lipinski definition) is 1. The topological polar surface area (TPSA) is 78.9 Å². The molecule has 0 bridgehead atoms. The summed E-state index contributed by atoms with van der Waals surface area (Å²) in [5.74, 6) is 0.330. The quantitative estimate of drug-likeness (QED) is 0.776. The second-order valence-corrected chi connectivity index (χ2v) is 3.18. The number of hydrogen-bond acceptors (Lipinski definition) is 5. The van der Waals surface area contributed by atoms with Gasteiger partial charge in [-0.1, -0.05) is 6.08 Å². The Hall–Kier alpha value is -2.11. The summed E-state index contributed by atoms with van der Waals surface area (Å²) in [5.41, 5.74) is 7.02. The maximum Gasteiger partial charge on any atom is 0.320 e. The van der Waals surface area contributed by atoms with Crippen LogP contribution in [0.1, 0.15) is 6.92 Å². The first kappa shape index (κ1) is 10.4. The van der Waals surface area contributed by atoms with Gasteiger partial charge in [0.05, 0.1) is 12.9 Å². The van der Waals surface area contributed by atoms with Crippen LogP contribution in [0.4, 0.5) is 5.82 Å². The molecule has 16 heavy (non-hydrogen) atoms.